The average molecular weight is 522 g/mol. The molecule has 0 heterocycles. The Morgan fingerprint density at radius 2 is 1.65 bits per heavy atom. The van der Waals surface area contributed by atoms with Crippen molar-refractivity contribution in [2.75, 3.05) is 7.11 Å². The zero-order valence-corrected chi connectivity index (χ0v) is 21.0. The van der Waals surface area contributed by atoms with Crippen molar-refractivity contribution in [1.29, 1.82) is 0 Å². The van der Waals surface area contributed by atoms with Crippen LogP contribution in [0.15, 0.2) is 54.1 Å². The second-order valence-corrected chi connectivity index (χ2v) is 9.30. The number of halogens is 3. The molecule has 7 nitrogen and oxygen atoms in total. The molecular weight excluding hydrogens is 491 g/mol. The molecule has 0 spiro atoms. The Balaban J connectivity index is 2.38. The number of alkyl halides is 3. The van der Waals surface area contributed by atoms with Crippen LogP contribution in [-0.2, 0) is 38.5 Å². The highest BCUT2D eigenvalue weighted by Crippen LogP contribution is 2.37. The summed E-state index contributed by atoms with van der Waals surface area (Å²) < 4.78 is 52.0. The standard InChI is InChI=1S/C27H30F3NO6/c1-26(2,3)37-25(35)31-22(24(34)36-4)14-18-8-5-7-17(11-18)12-21(16-33)23(27(28,29)30)20-10-6-9-19(13-20)15-32/h5-11,13,16,22,32H,12,14-15H2,1-4H3,(H,31,35)/b23-21+/t22-/m0/s1. The number of aliphatic hydroxyl groups excluding tert-OH is 1. The van der Waals surface area contributed by atoms with Crippen LogP contribution in [0.4, 0.5) is 18.0 Å². The normalized spacial score (nSPS) is 13.3. The molecule has 10 heteroatoms. The topological polar surface area (TPSA) is 102 Å². The predicted octanol–water partition coefficient (Wildman–Crippen LogP) is 4.55. The van der Waals surface area contributed by atoms with Crippen molar-refractivity contribution in [2.45, 2.75) is 58.0 Å². The monoisotopic (exact) mass is 521 g/mol. The van der Waals surface area contributed by atoms with Crippen LogP contribution in [-0.4, -0.2) is 48.4 Å². The smallest absolute Gasteiger partial charge is 0.417 e. The third-order valence-electron chi connectivity index (χ3n) is 5.15. The summed E-state index contributed by atoms with van der Waals surface area (Å²) in [5, 5.41) is 11.8. The molecule has 0 bridgehead atoms. The molecule has 0 radical (unpaired) electrons. The quantitative estimate of drug-likeness (QED) is 0.285. The van der Waals surface area contributed by atoms with Crippen molar-refractivity contribution in [1.82, 2.24) is 5.32 Å². The van der Waals surface area contributed by atoms with E-state index >= 15 is 0 Å². The van der Waals surface area contributed by atoms with E-state index in [2.05, 4.69) is 5.32 Å². The van der Waals surface area contributed by atoms with Gasteiger partial charge in [-0.25, -0.2) is 9.59 Å². The number of benzene rings is 2. The molecule has 0 aliphatic rings. The van der Waals surface area contributed by atoms with Gasteiger partial charge >= 0.3 is 18.2 Å². The molecule has 2 aromatic rings. The summed E-state index contributed by atoms with van der Waals surface area (Å²) in [6.45, 7) is 4.54. The summed E-state index contributed by atoms with van der Waals surface area (Å²) in [5.74, 6) is -0.729. The Morgan fingerprint density at radius 1 is 1.03 bits per heavy atom. The van der Waals surface area contributed by atoms with E-state index < -0.39 is 47.6 Å². The molecule has 200 valence electrons. The lowest BCUT2D eigenvalue weighted by molar-refractivity contribution is -0.143. The molecule has 1 amide bonds. The van der Waals surface area contributed by atoms with Gasteiger partial charge in [-0.3, -0.25) is 4.79 Å². The number of esters is 1. The van der Waals surface area contributed by atoms with Crippen LogP contribution in [0.25, 0.3) is 5.57 Å². The van der Waals surface area contributed by atoms with E-state index in [1.165, 1.54) is 24.3 Å². The molecule has 0 saturated carbocycles. The lowest BCUT2D eigenvalue weighted by atomic mass is 9.93. The van der Waals surface area contributed by atoms with Gasteiger partial charge in [0.05, 0.1) is 19.3 Å². The van der Waals surface area contributed by atoms with Gasteiger partial charge in [0.15, 0.2) is 0 Å². The number of allylic oxidation sites excluding steroid dienone is 2. The molecule has 0 unspecified atom stereocenters. The Morgan fingerprint density at radius 3 is 2.22 bits per heavy atom. The molecule has 0 fully saturated rings. The van der Waals surface area contributed by atoms with Crippen molar-refractivity contribution in [3.05, 3.63) is 76.4 Å². The number of nitrogens with one attached hydrogen (secondary N) is 1. The number of rotatable bonds is 9. The Labute approximate surface area is 213 Å². The average Bonchev–Trinajstić information content (AvgIpc) is 2.81. The molecule has 0 aliphatic heterocycles. The van der Waals surface area contributed by atoms with E-state index in [0.717, 1.165) is 7.11 Å². The minimum Gasteiger partial charge on any atom is -0.467 e. The second-order valence-electron chi connectivity index (χ2n) is 9.30. The van der Waals surface area contributed by atoms with Gasteiger partial charge in [0.25, 0.3) is 0 Å². The minimum atomic E-state index is -4.82. The van der Waals surface area contributed by atoms with Crippen LogP contribution in [0.2, 0.25) is 0 Å². The van der Waals surface area contributed by atoms with Crippen molar-refractivity contribution in [3.8, 4) is 0 Å². The van der Waals surface area contributed by atoms with Crippen molar-refractivity contribution in [3.63, 3.8) is 0 Å². The first kappa shape index (κ1) is 29.6. The number of carbonyl (C=O) groups excluding carboxylic acids is 3. The summed E-state index contributed by atoms with van der Waals surface area (Å²) in [5.41, 5.74) is -1.43. The summed E-state index contributed by atoms with van der Waals surface area (Å²) in [7, 11) is 1.16. The lowest BCUT2D eigenvalue weighted by Gasteiger charge is -2.22. The van der Waals surface area contributed by atoms with Crippen molar-refractivity contribution in [2.24, 2.45) is 0 Å². The minimum absolute atomic E-state index is 0.0232. The maximum absolute atomic E-state index is 14.0. The SMILES string of the molecule is COC(=O)[C@H](Cc1cccc(C/C(C=O)=C(/c2cccc(CO)c2)C(F)(F)F)c1)NC(=O)OC(C)(C)C. The van der Waals surface area contributed by atoms with Crippen LogP contribution >= 0.6 is 0 Å². The molecular formula is C27H30F3NO6. The molecule has 2 aromatic carbocycles. The van der Waals surface area contributed by atoms with Gasteiger partial charge in [0.1, 0.15) is 17.9 Å². The predicted molar refractivity (Wildman–Crippen MR) is 130 cm³/mol. The summed E-state index contributed by atoms with van der Waals surface area (Å²) in [4.78, 5) is 36.2. The van der Waals surface area contributed by atoms with Crippen LogP contribution < -0.4 is 5.32 Å². The fourth-order valence-electron chi connectivity index (χ4n) is 3.65. The zero-order chi connectivity index (χ0) is 27.8. The molecule has 37 heavy (non-hydrogen) atoms. The highest BCUT2D eigenvalue weighted by atomic mass is 19.4. The van der Waals surface area contributed by atoms with Crippen LogP contribution in [0.1, 0.15) is 43.0 Å². The number of aliphatic hydroxyl groups is 1. The molecule has 0 saturated heterocycles. The van der Waals surface area contributed by atoms with Crippen LogP contribution in [0, 0.1) is 0 Å². The summed E-state index contributed by atoms with van der Waals surface area (Å²) in [6, 6.07) is 10.5. The first-order valence-corrected chi connectivity index (χ1v) is 11.4. The highest BCUT2D eigenvalue weighted by molar-refractivity contribution is 5.90. The first-order chi connectivity index (χ1) is 17.3. The van der Waals surface area contributed by atoms with Gasteiger partial charge < -0.3 is 19.9 Å². The molecule has 2 rings (SSSR count). The molecule has 0 aromatic heterocycles. The van der Waals surface area contributed by atoms with Crippen molar-refractivity contribution >= 4 is 23.9 Å². The fourth-order valence-corrected chi connectivity index (χ4v) is 3.65. The molecule has 2 N–H and O–H groups in total. The second kappa shape index (κ2) is 12.5. The van der Waals surface area contributed by atoms with E-state index in [1.807, 2.05) is 0 Å². The molecule has 1 atom stereocenters. The highest BCUT2D eigenvalue weighted by Gasteiger charge is 2.37. The van der Waals surface area contributed by atoms with E-state index in [4.69, 9.17) is 9.47 Å². The van der Waals surface area contributed by atoms with Gasteiger partial charge in [-0.1, -0.05) is 42.5 Å². The maximum Gasteiger partial charge on any atom is 0.417 e. The number of hydrogen-bond acceptors (Lipinski definition) is 6. The van der Waals surface area contributed by atoms with Crippen LogP contribution in [0.5, 0.6) is 0 Å². The first-order valence-electron chi connectivity index (χ1n) is 11.4. The largest absolute Gasteiger partial charge is 0.467 e. The lowest BCUT2D eigenvalue weighted by Crippen LogP contribution is -2.45. The van der Waals surface area contributed by atoms with Gasteiger partial charge in [-0.15, -0.1) is 0 Å². The van der Waals surface area contributed by atoms with Gasteiger partial charge in [-0.05, 0) is 49.1 Å². The van der Waals surface area contributed by atoms with Gasteiger partial charge in [0.2, 0.25) is 0 Å². The number of carbonyl (C=O) groups is 3. The number of amides is 1. The maximum atomic E-state index is 14.0. The third-order valence-corrected chi connectivity index (χ3v) is 5.15. The van der Waals surface area contributed by atoms with E-state index in [0.29, 0.717) is 11.1 Å². The zero-order valence-electron chi connectivity index (χ0n) is 21.0. The van der Waals surface area contributed by atoms with Crippen LogP contribution in [0.3, 0.4) is 0 Å². The Kier molecular flexibility index (Phi) is 10.0. The number of hydrogen-bond donors (Lipinski definition) is 2. The number of aldehydes is 1. The number of ether oxygens (including phenoxy) is 2. The fraction of sp³-hybridized carbons (Fsp3) is 0.370. The summed E-state index contributed by atoms with van der Waals surface area (Å²) >= 11 is 0. The summed E-state index contributed by atoms with van der Waals surface area (Å²) in [6.07, 6.45) is -5.84. The Bertz CT molecular complexity index is 1150. The van der Waals surface area contributed by atoms with E-state index in [1.54, 1.807) is 45.0 Å². The van der Waals surface area contributed by atoms with Gasteiger partial charge in [0, 0.05) is 18.4 Å². The molecule has 0 aliphatic carbocycles. The third kappa shape index (κ3) is 9.05. The van der Waals surface area contributed by atoms with Crippen molar-refractivity contribution < 1.29 is 42.1 Å². The van der Waals surface area contributed by atoms with Gasteiger partial charge in [-0.2, -0.15) is 13.2 Å². The number of alkyl carbamates (subject to hydrolysis) is 1. The Hall–Kier alpha value is -3.66. The van der Waals surface area contributed by atoms with E-state index in [-0.39, 0.29) is 30.3 Å². The number of methoxy groups -OCH3 is 1. The van der Waals surface area contributed by atoms with E-state index in [9.17, 15) is 32.7 Å².